The van der Waals surface area contributed by atoms with Gasteiger partial charge >= 0.3 is 0 Å². The Hall–Kier alpha value is -2.69. The van der Waals surface area contributed by atoms with Gasteiger partial charge in [0.15, 0.2) is 0 Å². The Labute approximate surface area is 153 Å². The van der Waals surface area contributed by atoms with E-state index in [1.54, 1.807) is 12.1 Å². The predicted octanol–water partition coefficient (Wildman–Crippen LogP) is 3.47. The molecule has 26 heavy (non-hydrogen) atoms. The maximum Gasteiger partial charge on any atom is 0.261 e. The number of carbonyl (C=O) groups excluding carboxylic acids is 3. The molecule has 0 bridgehead atoms. The minimum Gasteiger partial charge on any atom is -0.343 e. The van der Waals surface area contributed by atoms with Crippen molar-refractivity contribution in [3.8, 4) is 0 Å². The summed E-state index contributed by atoms with van der Waals surface area (Å²) in [6.07, 6.45) is 1.95. The molecule has 0 aromatic heterocycles. The van der Waals surface area contributed by atoms with Crippen molar-refractivity contribution in [2.75, 3.05) is 19.6 Å². The molecule has 0 aliphatic carbocycles. The van der Waals surface area contributed by atoms with Crippen LogP contribution < -0.4 is 0 Å². The number of nitrogens with zero attached hydrogens (tertiary/aromatic N) is 2. The van der Waals surface area contributed by atoms with Crippen molar-refractivity contribution in [1.29, 1.82) is 0 Å². The quantitative estimate of drug-likeness (QED) is 0.717. The summed E-state index contributed by atoms with van der Waals surface area (Å²) in [5.41, 5.74) is 1.06. The molecule has 3 amide bonds. The van der Waals surface area contributed by atoms with Gasteiger partial charge in [-0.1, -0.05) is 38.1 Å². The molecule has 0 saturated carbocycles. The highest BCUT2D eigenvalue weighted by molar-refractivity contribution is 6.25. The van der Waals surface area contributed by atoms with E-state index in [1.807, 2.05) is 43.0 Å². The van der Waals surface area contributed by atoms with E-state index in [0.717, 1.165) is 18.2 Å². The van der Waals surface area contributed by atoms with E-state index in [0.29, 0.717) is 29.6 Å². The van der Waals surface area contributed by atoms with Gasteiger partial charge in [-0.2, -0.15) is 0 Å². The summed E-state index contributed by atoms with van der Waals surface area (Å²) in [5.74, 6) is -0.638. The zero-order valence-corrected chi connectivity index (χ0v) is 15.3. The van der Waals surface area contributed by atoms with E-state index in [-0.39, 0.29) is 30.7 Å². The van der Waals surface area contributed by atoms with Gasteiger partial charge < -0.3 is 4.90 Å². The van der Waals surface area contributed by atoms with E-state index in [1.165, 1.54) is 4.90 Å². The molecule has 5 heteroatoms. The second-order valence-corrected chi connectivity index (χ2v) is 6.60. The topological polar surface area (TPSA) is 57.7 Å². The zero-order valence-electron chi connectivity index (χ0n) is 15.3. The van der Waals surface area contributed by atoms with Crippen LogP contribution in [0.1, 0.15) is 53.8 Å². The molecule has 0 N–H and O–H groups in total. The fraction of sp³-hybridized carbons (Fsp3) is 0.381. The normalized spacial score (nSPS) is 13.4. The Bertz CT molecular complexity index is 803. The monoisotopic (exact) mass is 352 g/mol. The van der Waals surface area contributed by atoms with Crippen molar-refractivity contribution in [1.82, 2.24) is 9.80 Å². The van der Waals surface area contributed by atoms with Crippen molar-refractivity contribution in [3.05, 3.63) is 47.5 Å². The van der Waals surface area contributed by atoms with Crippen molar-refractivity contribution >= 4 is 28.5 Å². The highest BCUT2D eigenvalue weighted by Crippen LogP contribution is 2.29. The molecule has 0 spiro atoms. The van der Waals surface area contributed by atoms with E-state index >= 15 is 0 Å². The molecule has 1 aliphatic heterocycles. The number of carbonyl (C=O) groups is 3. The number of imide groups is 1. The third kappa shape index (κ3) is 3.21. The average molecular weight is 352 g/mol. The fourth-order valence-corrected chi connectivity index (χ4v) is 3.55. The first kappa shape index (κ1) is 18.1. The lowest BCUT2D eigenvalue weighted by atomic mass is 9.94. The number of benzene rings is 2. The average Bonchev–Trinajstić information content (AvgIpc) is 2.65. The largest absolute Gasteiger partial charge is 0.343 e. The predicted molar refractivity (Wildman–Crippen MR) is 101 cm³/mol. The molecule has 2 aromatic rings. The smallest absolute Gasteiger partial charge is 0.261 e. The molecule has 2 aromatic carbocycles. The standard InChI is InChI=1S/C21H24N2O3/c1-3-12-22(13-4-2)18(24)11-14-23-20(25)16-9-5-7-15-8-6-10-17(19(15)16)21(23)26/h5-10H,3-4,11-14H2,1-2H3. The first-order valence-corrected chi connectivity index (χ1v) is 9.24. The summed E-state index contributed by atoms with van der Waals surface area (Å²) in [5, 5.41) is 1.60. The molecule has 0 atom stereocenters. The van der Waals surface area contributed by atoms with E-state index in [9.17, 15) is 14.4 Å². The summed E-state index contributed by atoms with van der Waals surface area (Å²) < 4.78 is 0. The van der Waals surface area contributed by atoms with Gasteiger partial charge in [-0.05, 0) is 30.4 Å². The van der Waals surface area contributed by atoms with Crippen LogP contribution in [0.25, 0.3) is 10.8 Å². The van der Waals surface area contributed by atoms with Gasteiger partial charge in [-0.25, -0.2) is 0 Å². The molecule has 1 heterocycles. The van der Waals surface area contributed by atoms with Gasteiger partial charge in [0.1, 0.15) is 0 Å². The minimum absolute atomic E-state index is 0.00799. The number of hydrogen-bond donors (Lipinski definition) is 0. The van der Waals surface area contributed by atoms with Crippen LogP contribution in [0.3, 0.4) is 0 Å². The number of amides is 3. The van der Waals surface area contributed by atoms with Crippen LogP contribution >= 0.6 is 0 Å². The second kappa shape index (κ2) is 7.68. The Morgan fingerprint density at radius 3 is 1.96 bits per heavy atom. The van der Waals surface area contributed by atoms with Crippen LogP contribution in [0.5, 0.6) is 0 Å². The SMILES string of the molecule is CCCN(CCC)C(=O)CCN1C(=O)c2cccc3cccc(c23)C1=O. The summed E-state index contributed by atoms with van der Waals surface area (Å²) in [7, 11) is 0. The van der Waals surface area contributed by atoms with Crippen molar-refractivity contribution in [2.24, 2.45) is 0 Å². The summed E-state index contributed by atoms with van der Waals surface area (Å²) in [4.78, 5) is 41.2. The van der Waals surface area contributed by atoms with E-state index < -0.39 is 0 Å². The Balaban J connectivity index is 1.81. The summed E-state index contributed by atoms with van der Waals surface area (Å²) >= 11 is 0. The molecule has 3 rings (SSSR count). The number of rotatable bonds is 7. The molecule has 0 saturated heterocycles. The first-order chi connectivity index (χ1) is 12.6. The molecule has 136 valence electrons. The number of hydrogen-bond acceptors (Lipinski definition) is 3. The minimum atomic E-state index is -0.315. The second-order valence-electron chi connectivity index (χ2n) is 6.60. The van der Waals surface area contributed by atoms with E-state index in [2.05, 4.69) is 0 Å². The highest BCUT2D eigenvalue weighted by atomic mass is 16.2. The van der Waals surface area contributed by atoms with Crippen molar-refractivity contribution in [2.45, 2.75) is 33.1 Å². The van der Waals surface area contributed by atoms with Gasteiger partial charge in [-0.15, -0.1) is 0 Å². The third-order valence-electron chi connectivity index (χ3n) is 4.74. The Morgan fingerprint density at radius 1 is 0.923 bits per heavy atom. The zero-order chi connectivity index (χ0) is 18.7. The lowest BCUT2D eigenvalue weighted by Gasteiger charge is -2.28. The van der Waals surface area contributed by atoms with E-state index in [4.69, 9.17) is 0 Å². The van der Waals surface area contributed by atoms with Crippen LogP contribution in [0.15, 0.2) is 36.4 Å². The van der Waals surface area contributed by atoms with Crippen molar-refractivity contribution < 1.29 is 14.4 Å². The van der Waals surface area contributed by atoms with Gasteiger partial charge in [0.05, 0.1) is 0 Å². The molecular formula is C21H24N2O3. The van der Waals surface area contributed by atoms with Crippen LogP contribution in [0, 0.1) is 0 Å². The summed E-state index contributed by atoms with van der Waals surface area (Å²) in [6, 6.07) is 10.9. The van der Waals surface area contributed by atoms with Gasteiger partial charge in [0.25, 0.3) is 11.8 Å². The fourth-order valence-electron chi connectivity index (χ4n) is 3.55. The van der Waals surface area contributed by atoms with Gasteiger partial charge in [0.2, 0.25) is 5.91 Å². The third-order valence-corrected chi connectivity index (χ3v) is 4.74. The highest BCUT2D eigenvalue weighted by Gasteiger charge is 2.32. The lowest BCUT2D eigenvalue weighted by Crippen LogP contribution is -2.43. The summed E-state index contributed by atoms with van der Waals surface area (Å²) in [6.45, 7) is 5.59. The lowest BCUT2D eigenvalue weighted by molar-refractivity contribution is -0.131. The molecule has 0 unspecified atom stereocenters. The first-order valence-electron chi connectivity index (χ1n) is 9.24. The van der Waals surface area contributed by atoms with Crippen LogP contribution in [0.2, 0.25) is 0 Å². The maximum absolute atomic E-state index is 12.8. The van der Waals surface area contributed by atoms with Crippen LogP contribution in [0.4, 0.5) is 0 Å². The van der Waals surface area contributed by atoms with Crippen LogP contribution in [-0.4, -0.2) is 47.2 Å². The molecular weight excluding hydrogens is 328 g/mol. The Kier molecular flexibility index (Phi) is 5.35. The molecule has 5 nitrogen and oxygen atoms in total. The maximum atomic E-state index is 12.8. The molecule has 0 fully saturated rings. The van der Waals surface area contributed by atoms with Gasteiger partial charge in [-0.3, -0.25) is 19.3 Å². The van der Waals surface area contributed by atoms with Crippen LogP contribution in [-0.2, 0) is 4.79 Å². The molecule has 0 radical (unpaired) electrons. The van der Waals surface area contributed by atoms with Gasteiger partial charge in [0, 0.05) is 42.6 Å². The molecule has 1 aliphatic rings. The van der Waals surface area contributed by atoms with Crippen molar-refractivity contribution in [3.63, 3.8) is 0 Å². The Morgan fingerprint density at radius 2 is 1.46 bits per heavy atom.